The van der Waals surface area contributed by atoms with Crippen molar-refractivity contribution in [1.82, 2.24) is 29.7 Å². The third kappa shape index (κ3) is 3.66. The summed E-state index contributed by atoms with van der Waals surface area (Å²) in [5.74, 6) is -0.553. The number of aromatic nitrogens is 5. The lowest BCUT2D eigenvalue weighted by Crippen LogP contribution is -2.27. The van der Waals surface area contributed by atoms with Crippen LogP contribution in [0.25, 0.3) is 11.3 Å². The molecule has 3 heterocycles. The maximum Gasteiger partial charge on any atom is 0.434 e. The maximum absolute atomic E-state index is 13.7. The first kappa shape index (κ1) is 18.9. The number of halogens is 4. The summed E-state index contributed by atoms with van der Waals surface area (Å²) in [6.07, 6.45) is -2.25. The Labute approximate surface area is 166 Å². The van der Waals surface area contributed by atoms with Gasteiger partial charge in [0.1, 0.15) is 0 Å². The summed E-state index contributed by atoms with van der Waals surface area (Å²) in [5.41, 5.74) is -1.15. The first-order valence-corrected chi connectivity index (χ1v) is 8.70. The van der Waals surface area contributed by atoms with E-state index in [4.69, 9.17) is 11.6 Å². The van der Waals surface area contributed by atoms with E-state index in [1.54, 1.807) is 28.8 Å². The zero-order valence-electron chi connectivity index (χ0n) is 14.6. The fraction of sp³-hybridized carbons (Fsp3) is 0.111. The Morgan fingerprint density at radius 2 is 1.97 bits per heavy atom. The molecular weight excluding hydrogens is 409 g/mol. The summed E-state index contributed by atoms with van der Waals surface area (Å²) >= 11 is 5.87. The fourth-order valence-corrected chi connectivity index (χ4v) is 3.04. The van der Waals surface area contributed by atoms with Crippen LogP contribution in [0.3, 0.4) is 0 Å². The van der Waals surface area contributed by atoms with E-state index >= 15 is 0 Å². The molecule has 0 aliphatic carbocycles. The Balaban J connectivity index is 1.65. The van der Waals surface area contributed by atoms with E-state index in [2.05, 4.69) is 20.6 Å². The molecule has 29 heavy (non-hydrogen) atoms. The normalized spacial score (nSPS) is 11.7. The van der Waals surface area contributed by atoms with Crippen LogP contribution < -0.4 is 5.32 Å². The lowest BCUT2D eigenvalue weighted by atomic mass is 10.2. The van der Waals surface area contributed by atoms with Gasteiger partial charge in [0.15, 0.2) is 17.2 Å². The van der Waals surface area contributed by atoms with Crippen molar-refractivity contribution >= 4 is 23.2 Å². The number of pyridine rings is 1. The maximum atomic E-state index is 13.7. The van der Waals surface area contributed by atoms with E-state index in [9.17, 15) is 18.0 Å². The molecule has 1 amide bonds. The predicted molar refractivity (Wildman–Crippen MR) is 97.7 cm³/mol. The quantitative estimate of drug-likeness (QED) is 0.548. The van der Waals surface area contributed by atoms with Gasteiger partial charge in [0, 0.05) is 11.2 Å². The van der Waals surface area contributed by atoms with E-state index in [1.807, 2.05) is 0 Å². The van der Waals surface area contributed by atoms with Gasteiger partial charge in [-0.25, -0.2) is 4.68 Å². The van der Waals surface area contributed by atoms with Gasteiger partial charge in [-0.3, -0.25) is 9.20 Å². The first-order chi connectivity index (χ1) is 13.8. The first-order valence-electron chi connectivity index (χ1n) is 8.32. The van der Waals surface area contributed by atoms with Crippen LogP contribution in [0, 0.1) is 0 Å². The number of benzene rings is 1. The Kier molecular flexibility index (Phi) is 4.71. The minimum atomic E-state index is -4.81. The van der Waals surface area contributed by atoms with Crippen LogP contribution in [-0.2, 0) is 12.7 Å². The van der Waals surface area contributed by atoms with Crippen LogP contribution in [0.5, 0.6) is 0 Å². The van der Waals surface area contributed by atoms with Crippen LogP contribution in [0.15, 0.2) is 54.9 Å². The smallest absolute Gasteiger partial charge is 0.345 e. The van der Waals surface area contributed by atoms with E-state index in [0.29, 0.717) is 16.2 Å². The highest BCUT2D eigenvalue weighted by Crippen LogP contribution is 2.34. The van der Waals surface area contributed by atoms with Crippen molar-refractivity contribution in [2.45, 2.75) is 12.7 Å². The molecule has 0 saturated heterocycles. The van der Waals surface area contributed by atoms with Gasteiger partial charge in [-0.05, 0) is 30.3 Å². The van der Waals surface area contributed by atoms with Gasteiger partial charge in [-0.15, -0.1) is 10.2 Å². The molecule has 0 unspecified atom stereocenters. The van der Waals surface area contributed by atoms with E-state index in [0.717, 1.165) is 6.20 Å². The third-order valence-corrected chi connectivity index (χ3v) is 4.36. The molecule has 0 atom stereocenters. The van der Waals surface area contributed by atoms with Crippen molar-refractivity contribution in [3.05, 3.63) is 77.0 Å². The Bertz CT molecular complexity index is 1200. The molecule has 4 rings (SSSR count). The number of nitrogens with one attached hydrogen (secondary N) is 1. The third-order valence-electron chi connectivity index (χ3n) is 4.13. The molecule has 1 N–H and O–H groups in total. The van der Waals surface area contributed by atoms with Crippen LogP contribution in [0.1, 0.15) is 21.9 Å². The van der Waals surface area contributed by atoms with Crippen molar-refractivity contribution in [3.63, 3.8) is 0 Å². The van der Waals surface area contributed by atoms with Gasteiger partial charge in [0.2, 0.25) is 0 Å². The molecule has 3 aromatic heterocycles. The molecule has 0 radical (unpaired) electrons. The number of alkyl halides is 3. The van der Waals surface area contributed by atoms with Crippen LogP contribution in [0.2, 0.25) is 5.02 Å². The lowest BCUT2D eigenvalue weighted by Gasteiger charge is -2.13. The number of fused-ring (bicyclic) bond motifs is 1. The summed E-state index contributed by atoms with van der Waals surface area (Å²) in [4.78, 5) is 12.5. The Morgan fingerprint density at radius 3 is 2.72 bits per heavy atom. The molecule has 0 aliphatic rings. The molecule has 0 saturated carbocycles. The molecule has 148 valence electrons. The molecule has 0 spiro atoms. The minimum Gasteiger partial charge on any atom is -0.345 e. The number of nitrogens with zero attached hydrogens (tertiary/aromatic N) is 5. The predicted octanol–water partition coefficient (Wildman–Crippen LogP) is 3.52. The number of carbonyl (C=O) groups is 1. The molecule has 4 aromatic rings. The van der Waals surface area contributed by atoms with E-state index in [1.165, 1.54) is 24.3 Å². The Hall–Kier alpha value is -3.40. The highest BCUT2D eigenvalue weighted by Gasteiger charge is 2.40. The summed E-state index contributed by atoms with van der Waals surface area (Å²) in [6, 6.07) is 11.0. The molecule has 1 aromatic carbocycles. The number of amides is 1. The van der Waals surface area contributed by atoms with Crippen molar-refractivity contribution < 1.29 is 18.0 Å². The number of carbonyl (C=O) groups excluding carboxylic acids is 1. The molecule has 0 aliphatic heterocycles. The highest BCUT2D eigenvalue weighted by atomic mass is 35.5. The van der Waals surface area contributed by atoms with Gasteiger partial charge in [-0.1, -0.05) is 23.7 Å². The van der Waals surface area contributed by atoms with Crippen molar-refractivity contribution in [3.8, 4) is 5.69 Å². The van der Waals surface area contributed by atoms with Gasteiger partial charge in [-0.2, -0.15) is 18.3 Å². The second kappa shape index (κ2) is 7.21. The summed E-state index contributed by atoms with van der Waals surface area (Å²) in [5, 5.41) is 14.3. The average molecular weight is 421 g/mol. The standard InChI is InChI=1S/C18H12ClF3N6O/c19-11-4-3-5-12(8-11)28-16(18(20,21)22)13(9-24-28)17(29)23-10-15-26-25-14-6-1-2-7-27(14)15/h1-9H,10H2,(H,23,29). The molecular formula is C18H12ClF3N6O. The number of hydrogen-bond acceptors (Lipinski definition) is 4. The van der Waals surface area contributed by atoms with Crippen LogP contribution in [-0.4, -0.2) is 30.3 Å². The molecule has 7 nitrogen and oxygen atoms in total. The van der Waals surface area contributed by atoms with E-state index < -0.39 is 23.3 Å². The van der Waals surface area contributed by atoms with Crippen molar-refractivity contribution in [1.29, 1.82) is 0 Å². The van der Waals surface area contributed by atoms with Crippen molar-refractivity contribution in [2.24, 2.45) is 0 Å². The monoisotopic (exact) mass is 420 g/mol. The summed E-state index contributed by atoms with van der Waals surface area (Å²) in [7, 11) is 0. The molecule has 0 fully saturated rings. The largest absolute Gasteiger partial charge is 0.434 e. The minimum absolute atomic E-state index is 0.0901. The Morgan fingerprint density at radius 1 is 1.14 bits per heavy atom. The van der Waals surface area contributed by atoms with Crippen molar-refractivity contribution in [2.75, 3.05) is 0 Å². The summed E-state index contributed by atoms with van der Waals surface area (Å²) in [6.45, 7) is -0.107. The molecule has 11 heteroatoms. The number of hydrogen-bond donors (Lipinski definition) is 1. The van der Waals surface area contributed by atoms with Crippen LogP contribution in [0.4, 0.5) is 13.2 Å². The summed E-state index contributed by atoms with van der Waals surface area (Å²) < 4.78 is 43.4. The lowest BCUT2D eigenvalue weighted by molar-refractivity contribution is -0.143. The number of rotatable bonds is 4. The fourth-order valence-electron chi connectivity index (χ4n) is 2.86. The molecule has 0 bridgehead atoms. The van der Waals surface area contributed by atoms with Crippen LogP contribution >= 0.6 is 11.6 Å². The SMILES string of the molecule is O=C(NCc1nnc2ccccn12)c1cnn(-c2cccc(Cl)c2)c1C(F)(F)F. The second-order valence-corrected chi connectivity index (χ2v) is 6.46. The van der Waals surface area contributed by atoms with Gasteiger partial charge in [0.25, 0.3) is 5.91 Å². The van der Waals surface area contributed by atoms with Gasteiger partial charge in [0.05, 0.1) is 24.0 Å². The van der Waals surface area contributed by atoms with Gasteiger partial charge >= 0.3 is 6.18 Å². The topological polar surface area (TPSA) is 77.1 Å². The average Bonchev–Trinajstić information content (AvgIpc) is 3.31. The van der Waals surface area contributed by atoms with E-state index in [-0.39, 0.29) is 17.3 Å². The van der Waals surface area contributed by atoms with Gasteiger partial charge < -0.3 is 5.32 Å². The zero-order valence-corrected chi connectivity index (χ0v) is 15.3. The second-order valence-electron chi connectivity index (χ2n) is 6.02. The zero-order chi connectivity index (χ0) is 20.6. The highest BCUT2D eigenvalue weighted by molar-refractivity contribution is 6.30.